The minimum absolute atomic E-state index is 0.0310. The van der Waals surface area contributed by atoms with Crippen molar-refractivity contribution in [2.75, 3.05) is 35.9 Å². The molecule has 0 spiro atoms. The van der Waals surface area contributed by atoms with Crippen LogP contribution in [0.25, 0.3) is 0 Å². The van der Waals surface area contributed by atoms with Gasteiger partial charge in [0.2, 0.25) is 10.0 Å². The van der Waals surface area contributed by atoms with Crippen molar-refractivity contribution in [2.24, 2.45) is 0 Å². The molecule has 0 saturated carbocycles. The van der Waals surface area contributed by atoms with Gasteiger partial charge in [-0.15, -0.1) is 0 Å². The number of hydrogen-bond acceptors (Lipinski definition) is 6. The van der Waals surface area contributed by atoms with Crippen molar-refractivity contribution >= 4 is 27.4 Å². The number of benzene rings is 3. The number of anilines is 2. The van der Waals surface area contributed by atoms with Crippen molar-refractivity contribution in [3.63, 3.8) is 0 Å². The van der Waals surface area contributed by atoms with Gasteiger partial charge < -0.3 is 15.0 Å². The average molecular weight is 612 g/mol. The summed E-state index contributed by atoms with van der Waals surface area (Å²) >= 11 is 0. The van der Waals surface area contributed by atoms with Crippen molar-refractivity contribution in [3.05, 3.63) is 83.4 Å². The Labute approximate surface area is 251 Å². The fraction of sp³-hybridized carbons (Fsp3) is 0.355. The number of carbonyl (C=O) groups excluding carboxylic acids is 1. The summed E-state index contributed by atoms with van der Waals surface area (Å²) in [5.74, 6) is -0.653. The third-order valence-electron chi connectivity index (χ3n) is 7.15. The Morgan fingerprint density at radius 1 is 1.05 bits per heavy atom. The van der Waals surface area contributed by atoms with Crippen molar-refractivity contribution in [3.8, 4) is 17.6 Å². The van der Waals surface area contributed by atoms with Gasteiger partial charge in [0, 0.05) is 44.0 Å². The van der Waals surface area contributed by atoms with E-state index in [4.69, 9.17) is 10.00 Å². The lowest BCUT2D eigenvalue weighted by atomic mass is 10.0. The molecule has 0 unspecified atom stereocenters. The molecule has 2 N–H and O–H groups in total. The standard InChI is InChI=1S/C31H35F2N5O4S/c1-3-4-15-38(31(39)35-30-18-23(20-34)28(32)19-29(30)33)25-13-16-37(17-14-25)21-22-5-9-26(10-6-22)42-27-11-7-24(8-12-27)36-43(2,40)41/h5-12,18-19,25,36H,3-4,13-17,21H2,1-2H3,(H,35,39). The van der Waals surface area contributed by atoms with E-state index in [1.165, 1.54) is 0 Å². The van der Waals surface area contributed by atoms with Gasteiger partial charge in [-0.05, 0) is 67.3 Å². The van der Waals surface area contributed by atoms with Crippen molar-refractivity contribution in [1.29, 1.82) is 5.26 Å². The molecule has 3 aromatic carbocycles. The summed E-state index contributed by atoms with van der Waals surface area (Å²) in [5, 5.41) is 11.6. The van der Waals surface area contributed by atoms with Crippen LogP contribution in [0.4, 0.5) is 25.0 Å². The number of unbranched alkanes of at least 4 members (excludes halogenated alkanes) is 1. The number of nitriles is 1. The quantitative estimate of drug-likeness (QED) is 0.263. The number of urea groups is 1. The van der Waals surface area contributed by atoms with E-state index in [1.54, 1.807) is 35.2 Å². The minimum Gasteiger partial charge on any atom is -0.457 e. The van der Waals surface area contributed by atoms with Crippen LogP contribution >= 0.6 is 0 Å². The van der Waals surface area contributed by atoms with E-state index in [0.717, 1.165) is 63.2 Å². The molecule has 1 aliphatic rings. The van der Waals surface area contributed by atoms with Crippen LogP contribution < -0.4 is 14.8 Å². The molecule has 0 aromatic heterocycles. The molecule has 1 saturated heterocycles. The van der Waals surface area contributed by atoms with Crippen LogP contribution in [-0.4, -0.2) is 56.2 Å². The highest BCUT2D eigenvalue weighted by molar-refractivity contribution is 7.92. The molecule has 0 atom stereocenters. The number of halogens is 2. The van der Waals surface area contributed by atoms with Crippen LogP contribution in [0.5, 0.6) is 11.5 Å². The summed E-state index contributed by atoms with van der Waals surface area (Å²) in [6.45, 7) is 4.83. The molecule has 1 heterocycles. The molecule has 1 aliphatic heterocycles. The minimum atomic E-state index is -3.34. The monoisotopic (exact) mass is 611 g/mol. The first-order valence-electron chi connectivity index (χ1n) is 14.1. The predicted octanol–water partition coefficient (Wildman–Crippen LogP) is 6.30. The maximum Gasteiger partial charge on any atom is 0.322 e. The number of rotatable bonds is 11. The molecule has 9 nitrogen and oxygen atoms in total. The Morgan fingerprint density at radius 3 is 2.26 bits per heavy atom. The first-order chi connectivity index (χ1) is 20.5. The van der Waals surface area contributed by atoms with Gasteiger partial charge in [-0.1, -0.05) is 25.5 Å². The zero-order valence-corrected chi connectivity index (χ0v) is 25.0. The lowest BCUT2D eigenvalue weighted by molar-refractivity contribution is 0.122. The van der Waals surface area contributed by atoms with E-state index in [0.29, 0.717) is 29.8 Å². The maximum atomic E-state index is 14.3. The van der Waals surface area contributed by atoms with Gasteiger partial charge in [0.15, 0.2) is 0 Å². The van der Waals surface area contributed by atoms with E-state index in [1.807, 2.05) is 31.2 Å². The van der Waals surface area contributed by atoms with Gasteiger partial charge in [-0.3, -0.25) is 9.62 Å². The molecule has 43 heavy (non-hydrogen) atoms. The van der Waals surface area contributed by atoms with Crippen molar-refractivity contribution in [2.45, 2.75) is 45.2 Å². The number of likely N-dealkylation sites (tertiary alicyclic amines) is 1. The second kappa shape index (κ2) is 14.3. The van der Waals surface area contributed by atoms with Gasteiger partial charge >= 0.3 is 6.03 Å². The van der Waals surface area contributed by atoms with E-state index < -0.39 is 27.7 Å². The van der Waals surface area contributed by atoms with Crippen LogP contribution in [0.15, 0.2) is 60.7 Å². The first-order valence-corrected chi connectivity index (χ1v) is 16.0. The number of nitrogens with one attached hydrogen (secondary N) is 2. The molecule has 4 rings (SSSR count). The van der Waals surface area contributed by atoms with E-state index in [-0.39, 0.29) is 17.3 Å². The fourth-order valence-corrected chi connectivity index (χ4v) is 5.51. The van der Waals surface area contributed by atoms with Crippen LogP contribution in [-0.2, 0) is 16.6 Å². The summed E-state index contributed by atoms with van der Waals surface area (Å²) < 4.78 is 59.1. The Morgan fingerprint density at radius 2 is 1.67 bits per heavy atom. The van der Waals surface area contributed by atoms with Crippen LogP contribution in [0.2, 0.25) is 0 Å². The van der Waals surface area contributed by atoms with Gasteiger partial charge in [0.05, 0.1) is 17.5 Å². The van der Waals surface area contributed by atoms with Gasteiger partial charge in [-0.2, -0.15) is 5.26 Å². The molecule has 2 amide bonds. The molecule has 3 aromatic rings. The highest BCUT2D eigenvalue weighted by atomic mass is 32.2. The predicted molar refractivity (Wildman–Crippen MR) is 161 cm³/mol. The SMILES string of the molecule is CCCCN(C(=O)Nc1cc(C#N)c(F)cc1F)C1CCN(Cc2ccc(Oc3ccc(NS(C)(=O)=O)cc3)cc2)CC1. The largest absolute Gasteiger partial charge is 0.457 e. The van der Waals surface area contributed by atoms with Crippen LogP contribution in [0.3, 0.4) is 0 Å². The molecule has 228 valence electrons. The normalized spacial score (nSPS) is 14.1. The number of amides is 2. The molecule has 0 radical (unpaired) electrons. The average Bonchev–Trinajstić information content (AvgIpc) is 2.97. The number of ether oxygens (including phenoxy) is 1. The van der Waals surface area contributed by atoms with Gasteiger partial charge in [-0.25, -0.2) is 22.0 Å². The second-order valence-corrected chi connectivity index (χ2v) is 12.3. The summed E-state index contributed by atoms with van der Waals surface area (Å²) in [5.41, 5.74) is 1.02. The molecule has 0 aliphatic carbocycles. The smallest absolute Gasteiger partial charge is 0.322 e. The van der Waals surface area contributed by atoms with Crippen molar-refractivity contribution in [1.82, 2.24) is 9.80 Å². The number of piperidine rings is 1. The van der Waals surface area contributed by atoms with E-state index in [2.05, 4.69) is 14.9 Å². The lowest BCUT2D eigenvalue weighted by Gasteiger charge is -2.38. The summed E-state index contributed by atoms with van der Waals surface area (Å²) in [4.78, 5) is 17.2. The Hall–Kier alpha value is -4.21. The maximum absolute atomic E-state index is 14.3. The van der Waals surface area contributed by atoms with Crippen molar-refractivity contribution < 1.29 is 26.7 Å². The zero-order chi connectivity index (χ0) is 31.0. The van der Waals surface area contributed by atoms with Crippen LogP contribution in [0, 0.1) is 23.0 Å². The number of nitrogens with zero attached hydrogens (tertiary/aromatic N) is 3. The lowest BCUT2D eigenvalue weighted by Crippen LogP contribution is -2.49. The molecule has 1 fully saturated rings. The number of carbonyl (C=O) groups is 1. The number of sulfonamides is 1. The third-order valence-corrected chi connectivity index (χ3v) is 7.76. The first kappa shape index (κ1) is 31.7. The Kier molecular flexibility index (Phi) is 10.6. The second-order valence-electron chi connectivity index (χ2n) is 10.6. The van der Waals surface area contributed by atoms with Gasteiger partial charge in [0.1, 0.15) is 29.2 Å². The summed E-state index contributed by atoms with van der Waals surface area (Å²) in [6, 6.07) is 17.2. The third kappa shape index (κ3) is 9.14. The highest BCUT2D eigenvalue weighted by Gasteiger charge is 2.28. The van der Waals surface area contributed by atoms with Gasteiger partial charge in [0.25, 0.3) is 0 Å². The van der Waals surface area contributed by atoms with Crippen LogP contribution in [0.1, 0.15) is 43.7 Å². The Balaban J connectivity index is 1.31. The topological polar surface area (TPSA) is 115 Å². The summed E-state index contributed by atoms with van der Waals surface area (Å²) in [6.07, 6.45) is 4.27. The molecule has 0 bridgehead atoms. The highest BCUT2D eigenvalue weighted by Crippen LogP contribution is 2.26. The molecular formula is C31H35F2N5O4S. The number of hydrogen-bond donors (Lipinski definition) is 2. The molecule has 12 heteroatoms. The zero-order valence-electron chi connectivity index (χ0n) is 24.1. The fourth-order valence-electron chi connectivity index (χ4n) is 4.95. The summed E-state index contributed by atoms with van der Waals surface area (Å²) in [7, 11) is -3.34. The Bertz CT molecular complexity index is 1550. The molecular weight excluding hydrogens is 576 g/mol. The van der Waals surface area contributed by atoms with E-state index >= 15 is 0 Å². The van der Waals surface area contributed by atoms with E-state index in [9.17, 15) is 22.0 Å².